The van der Waals surface area contributed by atoms with Gasteiger partial charge in [0.05, 0.1) is 0 Å². The van der Waals surface area contributed by atoms with Crippen molar-refractivity contribution < 1.29 is 18.3 Å². The average Bonchev–Trinajstić information content (AvgIpc) is 2.19. The Labute approximate surface area is 85.9 Å². The molecule has 0 aromatic heterocycles. The van der Waals surface area contributed by atoms with Crippen LogP contribution in [0.15, 0.2) is 43.0 Å². The van der Waals surface area contributed by atoms with Crippen molar-refractivity contribution in [2.24, 2.45) is 0 Å². The van der Waals surface area contributed by atoms with E-state index in [2.05, 4.69) is 6.58 Å². The van der Waals surface area contributed by atoms with Crippen LogP contribution in [0, 0.1) is 0 Å². The number of rotatable bonds is 3. The third kappa shape index (κ3) is 2.83. The summed E-state index contributed by atoms with van der Waals surface area (Å²) in [6.45, 7) is 3.31. The second kappa shape index (κ2) is 4.49. The van der Waals surface area contributed by atoms with Crippen LogP contribution in [-0.4, -0.2) is 17.4 Å². The van der Waals surface area contributed by atoms with E-state index in [1.54, 1.807) is 18.2 Å². The monoisotopic (exact) mass is 216 g/mol. The summed E-state index contributed by atoms with van der Waals surface area (Å²) in [5.41, 5.74) is 0.400. The summed E-state index contributed by atoms with van der Waals surface area (Å²) < 4.78 is 36.8. The van der Waals surface area contributed by atoms with Crippen LogP contribution in [-0.2, 0) is 0 Å². The normalized spacial score (nSPS) is 15.7. The minimum Gasteiger partial charge on any atom is -0.383 e. The molecule has 15 heavy (non-hydrogen) atoms. The molecule has 0 unspecified atom stereocenters. The molecule has 1 nitrogen and oxygen atoms in total. The van der Waals surface area contributed by atoms with Crippen molar-refractivity contribution in [3.8, 4) is 0 Å². The van der Waals surface area contributed by atoms with Crippen LogP contribution in [0.5, 0.6) is 0 Å². The fraction of sp³-hybridized carbons (Fsp3) is 0.273. The van der Waals surface area contributed by atoms with Crippen LogP contribution in [0.4, 0.5) is 13.2 Å². The van der Waals surface area contributed by atoms with Gasteiger partial charge in [0.25, 0.3) is 0 Å². The van der Waals surface area contributed by atoms with Crippen molar-refractivity contribution in [3.05, 3.63) is 48.6 Å². The van der Waals surface area contributed by atoms with Gasteiger partial charge in [-0.3, -0.25) is 0 Å². The van der Waals surface area contributed by atoms with Crippen molar-refractivity contribution in [1.29, 1.82) is 0 Å². The molecule has 0 aliphatic heterocycles. The third-order valence-electron chi connectivity index (χ3n) is 2.11. The molecule has 0 bridgehead atoms. The van der Waals surface area contributed by atoms with E-state index >= 15 is 0 Å². The number of halogens is 3. The van der Waals surface area contributed by atoms with Crippen LogP contribution in [0.25, 0.3) is 0 Å². The van der Waals surface area contributed by atoms with Gasteiger partial charge in [-0.1, -0.05) is 36.4 Å². The molecule has 1 N–H and O–H groups in total. The smallest absolute Gasteiger partial charge is 0.383 e. The Morgan fingerprint density at radius 2 is 1.73 bits per heavy atom. The maximum absolute atomic E-state index is 12.3. The molecule has 0 saturated heterocycles. The summed E-state index contributed by atoms with van der Waals surface area (Å²) in [6.07, 6.45) is -5.93. The van der Waals surface area contributed by atoms with Gasteiger partial charge >= 0.3 is 6.18 Å². The summed E-state index contributed by atoms with van der Waals surface area (Å²) in [5.74, 6) is -1.12. The number of aliphatic hydroxyl groups excluding tert-OH is 1. The SMILES string of the molecule is C=C[C@@H](c1ccccc1)[C@@H](O)C(F)(F)F. The predicted molar refractivity (Wildman–Crippen MR) is 51.4 cm³/mol. The second-order valence-corrected chi connectivity index (χ2v) is 3.16. The molecule has 0 spiro atoms. The van der Waals surface area contributed by atoms with Crippen LogP contribution >= 0.6 is 0 Å². The molecular weight excluding hydrogens is 205 g/mol. The molecule has 0 fully saturated rings. The lowest BCUT2D eigenvalue weighted by molar-refractivity contribution is -0.207. The first-order valence-corrected chi connectivity index (χ1v) is 4.39. The quantitative estimate of drug-likeness (QED) is 0.770. The van der Waals surface area contributed by atoms with Crippen molar-refractivity contribution in [3.63, 3.8) is 0 Å². The lowest BCUT2D eigenvalue weighted by atomic mass is 9.93. The van der Waals surface area contributed by atoms with Crippen molar-refractivity contribution in [2.75, 3.05) is 0 Å². The van der Waals surface area contributed by atoms with Crippen LogP contribution in [0.2, 0.25) is 0 Å². The lowest BCUT2D eigenvalue weighted by Crippen LogP contribution is -2.33. The highest BCUT2D eigenvalue weighted by Crippen LogP contribution is 2.32. The second-order valence-electron chi connectivity index (χ2n) is 3.16. The lowest BCUT2D eigenvalue weighted by Gasteiger charge is -2.22. The standard InChI is InChI=1S/C11H11F3O/c1-2-9(10(15)11(12,13)14)8-6-4-3-5-7-8/h2-7,9-10,15H,1H2/t9-,10+/m0/s1. The van der Waals surface area contributed by atoms with E-state index in [4.69, 9.17) is 5.11 Å². The fourth-order valence-electron chi connectivity index (χ4n) is 1.33. The van der Waals surface area contributed by atoms with Crippen LogP contribution < -0.4 is 0 Å². The van der Waals surface area contributed by atoms with Gasteiger partial charge in [0.2, 0.25) is 0 Å². The van der Waals surface area contributed by atoms with Gasteiger partial charge in [-0.25, -0.2) is 0 Å². The molecule has 1 aromatic carbocycles. The van der Waals surface area contributed by atoms with Crippen LogP contribution in [0.3, 0.4) is 0 Å². The van der Waals surface area contributed by atoms with Crippen LogP contribution in [0.1, 0.15) is 11.5 Å². The highest BCUT2D eigenvalue weighted by molar-refractivity contribution is 5.25. The van der Waals surface area contributed by atoms with E-state index < -0.39 is 18.2 Å². The zero-order chi connectivity index (χ0) is 11.5. The highest BCUT2D eigenvalue weighted by atomic mass is 19.4. The summed E-state index contributed by atoms with van der Waals surface area (Å²) >= 11 is 0. The van der Waals surface area contributed by atoms with E-state index in [1.807, 2.05) is 0 Å². The first-order chi connectivity index (χ1) is 6.96. The molecule has 2 atom stereocenters. The highest BCUT2D eigenvalue weighted by Gasteiger charge is 2.42. The average molecular weight is 216 g/mol. The molecule has 1 rings (SSSR count). The Morgan fingerprint density at radius 3 is 2.13 bits per heavy atom. The number of aliphatic hydroxyl groups is 1. The molecular formula is C11H11F3O. The molecule has 0 saturated carbocycles. The Kier molecular flexibility index (Phi) is 3.52. The number of benzene rings is 1. The summed E-state index contributed by atoms with van der Waals surface area (Å²) in [5, 5.41) is 9.10. The molecule has 0 amide bonds. The maximum Gasteiger partial charge on any atom is 0.415 e. The van der Waals surface area contributed by atoms with E-state index in [0.717, 1.165) is 6.08 Å². The minimum absolute atomic E-state index is 0.400. The van der Waals surface area contributed by atoms with Crippen molar-refractivity contribution in [1.82, 2.24) is 0 Å². The van der Waals surface area contributed by atoms with Gasteiger partial charge in [0, 0.05) is 5.92 Å². The van der Waals surface area contributed by atoms with Gasteiger partial charge < -0.3 is 5.11 Å². The van der Waals surface area contributed by atoms with E-state index in [-0.39, 0.29) is 0 Å². The molecule has 0 radical (unpaired) electrons. The Bertz CT molecular complexity index is 318. The predicted octanol–water partition coefficient (Wildman–Crippen LogP) is 2.88. The van der Waals surface area contributed by atoms with E-state index in [0.29, 0.717) is 5.56 Å². The molecule has 0 aliphatic rings. The first-order valence-electron chi connectivity index (χ1n) is 4.39. The number of hydrogen-bond donors (Lipinski definition) is 1. The molecule has 0 heterocycles. The van der Waals surface area contributed by atoms with Crippen molar-refractivity contribution in [2.45, 2.75) is 18.2 Å². The van der Waals surface area contributed by atoms with Gasteiger partial charge in [-0.05, 0) is 5.56 Å². The molecule has 0 aliphatic carbocycles. The largest absolute Gasteiger partial charge is 0.415 e. The summed E-state index contributed by atoms with van der Waals surface area (Å²) in [7, 11) is 0. The fourth-order valence-corrected chi connectivity index (χ4v) is 1.33. The first kappa shape index (κ1) is 11.8. The zero-order valence-electron chi connectivity index (χ0n) is 7.91. The third-order valence-corrected chi connectivity index (χ3v) is 2.11. The maximum atomic E-state index is 12.3. The number of hydrogen-bond acceptors (Lipinski definition) is 1. The summed E-state index contributed by atoms with van der Waals surface area (Å²) in [6, 6.07) is 8.00. The zero-order valence-corrected chi connectivity index (χ0v) is 7.91. The molecule has 82 valence electrons. The minimum atomic E-state index is -4.63. The molecule has 1 aromatic rings. The molecule has 4 heteroatoms. The number of alkyl halides is 3. The van der Waals surface area contributed by atoms with Crippen molar-refractivity contribution >= 4 is 0 Å². The topological polar surface area (TPSA) is 20.2 Å². The van der Waals surface area contributed by atoms with Gasteiger partial charge in [-0.2, -0.15) is 13.2 Å². The Hall–Kier alpha value is -1.29. The van der Waals surface area contributed by atoms with E-state index in [1.165, 1.54) is 12.1 Å². The van der Waals surface area contributed by atoms with Gasteiger partial charge in [-0.15, -0.1) is 6.58 Å². The summed E-state index contributed by atoms with van der Waals surface area (Å²) in [4.78, 5) is 0. The Morgan fingerprint density at radius 1 is 1.20 bits per heavy atom. The van der Waals surface area contributed by atoms with E-state index in [9.17, 15) is 13.2 Å². The Balaban J connectivity index is 2.95. The van der Waals surface area contributed by atoms with Gasteiger partial charge in [0.15, 0.2) is 6.10 Å². The van der Waals surface area contributed by atoms with Gasteiger partial charge in [0.1, 0.15) is 0 Å².